The molecule has 0 fully saturated rings. The molecular formula is C27H25N3O3. The van der Waals surface area contributed by atoms with Crippen LogP contribution in [0.5, 0.6) is 11.5 Å². The van der Waals surface area contributed by atoms with Crippen molar-refractivity contribution < 1.29 is 14.3 Å². The predicted octanol–water partition coefficient (Wildman–Crippen LogP) is 6.44. The topological polar surface area (TPSA) is 71.6 Å². The Morgan fingerprint density at radius 2 is 0.970 bits per heavy atom. The van der Waals surface area contributed by atoms with Gasteiger partial charge in [-0.3, -0.25) is 4.79 Å². The number of ether oxygens (including phenoxy) is 2. The van der Waals surface area contributed by atoms with E-state index in [-0.39, 0.29) is 5.91 Å². The Hall–Kier alpha value is -4.45. The van der Waals surface area contributed by atoms with Crippen LogP contribution in [-0.2, 0) is 0 Å². The van der Waals surface area contributed by atoms with Crippen LogP contribution < -0.4 is 25.4 Å². The van der Waals surface area contributed by atoms with E-state index in [1.807, 2.05) is 91.0 Å². The van der Waals surface area contributed by atoms with E-state index in [2.05, 4.69) is 16.0 Å². The van der Waals surface area contributed by atoms with Crippen LogP contribution in [0.4, 0.5) is 28.4 Å². The second kappa shape index (κ2) is 10.2. The highest BCUT2D eigenvalue weighted by atomic mass is 16.5. The van der Waals surface area contributed by atoms with Crippen LogP contribution in [0.2, 0.25) is 0 Å². The Balaban J connectivity index is 1.59. The minimum absolute atomic E-state index is 0.234. The smallest absolute Gasteiger partial charge is 0.257 e. The van der Waals surface area contributed by atoms with Crippen molar-refractivity contribution >= 4 is 34.3 Å². The molecule has 6 nitrogen and oxygen atoms in total. The third-order valence-electron chi connectivity index (χ3n) is 5.10. The maximum Gasteiger partial charge on any atom is 0.257 e. The monoisotopic (exact) mass is 439 g/mol. The molecule has 4 rings (SSSR count). The summed E-state index contributed by atoms with van der Waals surface area (Å²) < 4.78 is 10.9. The zero-order chi connectivity index (χ0) is 23.0. The third-order valence-corrected chi connectivity index (χ3v) is 5.10. The van der Waals surface area contributed by atoms with Gasteiger partial charge in [-0.15, -0.1) is 0 Å². The third kappa shape index (κ3) is 5.07. The van der Waals surface area contributed by atoms with E-state index < -0.39 is 0 Å². The van der Waals surface area contributed by atoms with Crippen LogP contribution in [0.3, 0.4) is 0 Å². The number of rotatable bonds is 8. The SMILES string of the molecule is COc1ccccc1Nc1ccccc1NC(=O)c1ccccc1Nc1ccccc1OC. The summed E-state index contributed by atoms with van der Waals surface area (Å²) in [4.78, 5) is 13.3. The van der Waals surface area contributed by atoms with Gasteiger partial charge in [-0.2, -0.15) is 0 Å². The summed E-state index contributed by atoms with van der Waals surface area (Å²) in [5, 5.41) is 9.68. The molecule has 33 heavy (non-hydrogen) atoms. The molecule has 0 heterocycles. The number of methoxy groups -OCH3 is 2. The van der Waals surface area contributed by atoms with E-state index in [4.69, 9.17) is 9.47 Å². The predicted molar refractivity (Wildman–Crippen MR) is 133 cm³/mol. The van der Waals surface area contributed by atoms with Gasteiger partial charge in [0.15, 0.2) is 0 Å². The number of para-hydroxylation sites is 7. The lowest BCUT2D eigenvalue weighted by molar-refractivity contribution is 0.102. The van der Waals surface area contributed by atoms with E-state index >= 15 is 0 Å². The van der Waals surface area contributed by atoms with Gasteiger partial charge in [0.25, 0.3) is 5.91 Å². The quantitative estimate of drug-likeness (QED) is 0.295. The van der Waals surface area contributed by atoms with Crippen LogP contribution in [0.15, 0.2) is 97.1 Å². The molecule has 3 N–H and O–H groups in total. The molecule has 0 atom stereocenters. The highest BCUT2D eigenvalue weighted by molar-refractivity contribution is 6.10. The number of hydrogen-bond acceptors (Lipinski definition) is 5. The molecule has 0 saturated carbocycles. The Morgan fingerprint density at radius 1 is 0.545 bits per heavy atom. The summed E-state index contributed by atoms with van der Waals surface area (Å²) in [6.07, 6.45) is 0. The van der Waals surface area contributed by atoms with Crippen LogP contribution in [-0.4, -0.2) is 20.1 Å². The lowest BCUT2D eigenvalue weighted by Gasteiger charge is -2.17. The molecule has 166 valence electrons. The second-order valence-electron chi connectivity index (χ2n) is 7.20. The first-order chi connectivity index (χ1) is 16.2. The average molecular weight is 440 g/mol. The van der Waals surface area contributed by atoms with E-state index in [0.717, 1.165) is 17.1 Å². The first-order valence-electron chi connectivity index (χ1n) is 10.5. The Bertz CT molecular complexity index is 1260. The molecule has 0 aromatic heterocycles. The second-order valence-corrected chi connectivity index (χ2v) is 7.20. The summed E-state index contributed by atoms with van der Waals surface area (Å²) in [7, 11) is 3.24. The standard InChI is InChI=1S/C27H25N3O3/c1-32-25-17-9-7-15-23(25)28-20-12-4-3-11-19(20)27(31)30-22-14-6-5-13-21(22)29-24-16-8-10-18-26(24)33-2/h3-18,28-29H,1-2H3,(H,30,31). The van der Waals surface area contributed by atoms with Gasteiger partial charge in [-0.05, 0) is 48.5 Å². The van der Waals surface area contributed by atoms with Crippen LogP contribution >= 0.6 is 0 Å². The summed E-state index contributed by atoms with van der Waals surface area (Å²) in [5.74, 6) is 1.17. The van der Waals surface area contributed by atoms with Gasteiger partial charge in [0.2, 0.25) is 0 Å². The number of hydrogen-bond donors (Lipinski definition) is 3. The molecule has 0 radical (unpaired) electrons. The van der Waals surface area contributed by atoms with E-state index in [1.54, 1.807) is 20.3 Å². The molecule has 0 aliphatic heterocycles. The maximum absolute atomic E-state index is 13.3. The van der Waals surface area contributed by atoms with Gasteiger partial charge in [0.05, 0.1) is 48.2 Å². The normalized spacial score (nSPS) is 10.2. The molecule has 6 heteroatoms. The summed E-state index contributed by atoms with van der Waals surface area (Å²) in [6.45, 7) is 0. The Morgan fingerprint density at radius 3 is 1.55 bits per heavy atom. The largest absolute Gasteiger partial charge is 0.495 e. The summed E-state index contributed by atoms with van der Waals surface area (Å²) >= 11 is 0. The minimum Gasteiger partial charge on any atom is -0.495 e. The number of nitrogens with one attached hydrogen (secondary N) is 3. The van der Waals surface area contributed by atoms with Gasteiger partial charge in [-0.1, -0.05) is 48.5 Å². The van der Waals surface area contributed by atoms with Gasteiger partial charge < -0.3 is 25.4 Å². The molecule has 4 aromatic carbocycles. The number of amides is 1. The van der Waals surface area contributed by atoms with Gasteiger partial charge in [0, 0.05) is 0 Å². The lowest BCUT2D eigenvalue weighted by Crippen LogP contribution is -2.15. The number of carbonyl (C=O) groups excluding carboxylic acids is 1. The van der Waals surface area contributed by atoms with E-state index in [1.165, 1.54) is 0 Å². The first-order valence-corrected chi connectivity index (χ1v) is 10.5. The number of carbonyl (C=O) groups is 1. The zero-order valence-corrected chi connectivity index (χ0v) is 18.5. The number of benzene rings is 4. The minimum atomic E-state index is -0.234. The molecule has 0 spiro atoms. The van der Waals surface area contributed by atoms with E-state index in [9.17, 15) is 4.79 Å². The van der Waals surface area contributed by atoms with Crippen molar-refractivity contribution in [2.75, 3.05) is 30.2 Å². The molecule has 0 aliphatic rings. The number of anilines is 5. The molecule has 0 saturated heterocycles. The summed E-state index contributed by atoms with van der Waals surface area (Å²) in [6, 6.07) is 30.1. The summed E-state index contributed by atoms with van der Waals surface area (Å²) in [5.41, 5.74) is 4.18. The van der Waals surface area contributed by atoms with Gasteiger partial charge >= 0.3 is 0 Å². The fraction of sp³-hybridized carbons (Fsp3) is 0.0741. The fourth-order valence-corrected chi connectivity index (χ4v) is 3.47. The van der Waals surface area contributed by atoms with Crippen molar-refractivity contribution in [3.8, 4) is 11.5 Å². The van der Waals surface area contributed by atoms with Crippen molar-refractivity contribution in [3.05, 3.63) is 103 Å². The average Bonchev–Trinajstić information content (AvgIpc) is 2.86. The molecule has 0 unspecified atom stereocenters. The maximum atomic E-state index is 13.3. The van der Waals surface area contributed by atoms with Crippen molar-refractivity contribution in [2.45, 2.75) is 0 Å². The fourth-order valence-electron chi connectivity index (χ4n) is 3.47. The van der Waals surface area contributed by atoms with Crippen molar-refractivity contribution in [3.63, 3.8) is 0 Å². The van der Waals surface area contributed by atoms with E-state index in [0.29, 0.717) is 28.4 Å². The molecule has 1 amide bonds. The van der Waals surface area contributed by atoms with Crippen LogP contribution in [0.1, 0.15) is 10.4 Å². The molecule has 4 aromatic rings. The van der Waals surface area contributed by atoms with Gasteiger partial charge in [0.1, 0.15) is 11.5 Å². The molecular weight excluding hydrogens is 414 g/mol. The lowest BCUT2D eigenvalue weighted by atomic mass is 10.1. The first kappa shape index (κ1) is 21.8. The van der Waals surface area contributed by atoms with Gasteiger partial charge in [-0.25, -0.2) is 0 Å². The van der Waals surface area contributed by atoms with Crippen LogP contribution in [0.25, 0.3) is 0 Å². The highest BCUT2D eigenvalue weighted by Gasteiger charge is 2.15. The zero-order valence-electron chi connectivity index (χ0n) is 18.5. The molecule has 0 aliphatic carbocycles. The molecule has 0 bridgehead atoms. The van der Waals surface area contributed by atoms with Crippen LogP contribution in [0, 0.1) is 0 Å². The van der Waals surface area contributed by atoms with Crippen molar-refractivity contribution in [1.82, 2.24) is 0 Å². The Labute approximate surface area is 193 Å². The highest BCUT2D eigenvalue weighted by Crippen LogP contribution is 2.32. The Kier molecular flexibility index (Phi) is 6.75. The van der Waals surface area contributed by atoms with Crippen molar-refractivity contribution in [1.29, 1.82) is 0 Å². The van der Waals surface area contributed by atoms with Crippen molar-refractivity contribution in [2.24, 2.45) is 0 Å².